The number of hydrogen-bond donors (Lipinski definition) is 1. The maximum absolute atomic E-state index is 12.4. The van der Waals surface area contributed by atoms with E-state index < -0.39 is 0 Å². The average molecular weight is 375 g/mol. The van der Waals surface area contributed by atoms with Gasteiger partial charge in [0, 0.05) is 31.5 Å². The number of hydrogen-bond acceptors (Lipinski definition) is 3. The van der Waals surface area contributed by atoms with Crippen molar-refractivity contribution < 1.29 is 9.53 Å². The zero-order chi connectivity index (χ0) is 17.6. The average Bonchev–Trinajstić information content (AvgIpc) is 3.01. The van der Waals surface area contributed by atoms with Crippen LogP contribution in [0, 0.1) is 6.92 Å². The number of aryl methyl sites for hydroxylation is 1. The molecule has 1 amide bonds. The number of rotatable bonds is 6. The number of nitrogens with two attached hydrogens (primary N) is 1. The predicted octanol–water partition coefficient (Wildman–Crippen LogP) is 3.53. The van der Waals surface area contributed by atoms with E-state index in [2.05, 4.69) is 12.1 Å². The van der Waals surface area contributed by atoms with E-state index in [1.807, 2.05) is 54.3 Å². The molecule has 1 fully saturated rings. The van der Waals surface area contributed by atoms with Crippen molar-refractivity contribution in [2.24, 2.45) is 5.73 Å². The van der Waals surface area contributed by atoms with Gasteiger partial charge in [-0.25, -0.2) is 0 Å². The van der Waals surface area contributed by atoms with E-state index >= 15 is 0 Å². The van der Waals surface area contributed by atoms with Crippen LogP contribution in [0.1, 0.15) is 29.9 Å². The highest BCUT2D eigenvalue weighted by Crippen LogP contribution is 2.26. The summed E-state index contributed by atoms with van der Waals surface area (Å²) >= 11 is 0. The molecule has 0 spiro atoms. The van der Waals surface area contributed by atoms with Crippen LogP contribution in [0.4, 0.5) is 0 Å². The zero-order valence-electron chi connectivity index (χ0n) is 15.1. The van der Waals surface area contributed by atoms with Crippen molar-refractivity contribution in [2.75, 3.05) is 19.7 Å². The van der Waals surface area contributed by atoms with Crippen LogP contribution in [-0.4, -0.2) is 36.5 Å². The molecule has 0 bridgehead atoms. The minimum atomic E-state index is 0. The molecular formula is C21H27ClN2O2. The minimum absolute atomic E-state index is 0. The van der Waals surface area contributed by atoms with E-state index in [0.717, 1.165) is 5.75 Å². The number of nitrogens with zero attached hydrogens (tertiary/aromatic N) is 1. The molecule has 2 aromatic rings. The second-order valence-corrected chi connectivity index (χ2v) is 6.75. The van der Waals surface area contributed by atoms with Gasteiger partial charge in [-0.15, -0.1) is 12.4 Å². The highest BCUT2D eigenvalue weighted by Gasteiger charge is 2.33. The fraction of sp³-hybridized carbons (Fsp3) is 0.381. The highest BCUT2D eigenvalue weighted by molar-refractivity contribution is 5.85. The van der Waals surface area contributed by atoms with Gasteiger partial charge < -0.3 is 15.4 Å². The Morgan fingerprint density at radius 3 is 2.65 bits per heavy atom. The molecule has 5 heteroatoms. The van der Waals surface area contributed by atoms with Crippen molar-refractivity contribution in [1.82, 2.24) is 4.90 Å². The maximum atomic E-state index is 12.4. The smallest absolute Gasteiger partial charge is 0.222 e. The van der Waals surface area contributed by atoms with E-state index in [1.54, 1.807) is 0 Å². The molecule has 2 atom stereocenters. The Hall–Kier alpha value is -2.04. The number of amides is 1. The Balaban J connectivity index is 0.00000243. The molecule has 2 N–H and O–H groups in total. The normalized spacial score (nSPS) is 19.1. The summed E-state index contributed by atoms with van der Waals surface area (Å²) in [6, 6.07) is 18.2. The largest absolute Gasteiger partial charge is 0.494 e. The summed E-state index contributed by atoms with van der Waals surface area (Å²) in [7, 11) is 0. The molecule has 2 aromatic carbocycles. The van der Waals surface area contributed by atoms with E-state index in [0.29, 0.717) is 32.5 Å². The molecule has 3 rings (SSSR count). The SMILES string of the molecule is Cc1cccc(OCCCC(=O)N2C[C@@H](N)[C@H](c3ccccc3)C2)c1.Cl. The van der Waals surface area contributed by atoms with E-state index in [4.69, 9.17) is 10.5 Å². The third-order valence-corrected chi connectivity index (χ3v) is 4.74. The second kappa shape index (κ2) is 9.60. The molecule has 140 valence electrons. The molecule has 0 radical (unpaired) electrons. The van der Waals surface area contributed by atoms with Gasteiger partial charge in [-0.3, -0.25) is 4.79 Å². The number of benzene rings is 2. The fourth-order valence-electron chi connectivity index (χ4n) is 3.36. The van der Waals surface area contributed by atoms with Gasteiger partial charge in [-0.05, 0) is 36.6 Å². The highest BCUT2D eigenvalue weighted by atomic mass is 35.5. The van der Waals surface area contributed by atoms with Crippen molar-refractivity contribution >= 4 is 18.3 Å². The fourth-order valence-corrected chi connectivity index (χ4v) is 3.36. The van der Waals surface area contributed by atoms with Crippen molar-refractivity contribution in [2.45, 2.75) is 31.7 Å². The summed E-state index contributed by atoms with van der Waals surface area (Å²) in [4.78, 5) is 14.3. The lowest BCUT2D eigenvalue weighted by atomic mass is 9.95. The Morgan fingerprint density at radius 2 is 1.92 bits per heavy atom. The first-order valence-electron chi connectivity index (χ1n) is 8.91. The van der Waals surface area contributed by atoms with Crippen LogP contribution in [0.2, 0.25) is 0 Å². The molecular weight excluding hydrogens is 348 g/mol. The van der Waals surface area contributed by atoms with Crippen LogP contribution in [0.3, 0.4) is 0 Å². The van der Waals surface area contributed by atoms with Crippen LogP contribution in [-0.2, 0) is 4.79 Å². The molecule has 0 aromatic heterocycles. The lowest BCUT2D eigenvalue weighted by Crippen LogP contribution is -2.32. The Morgan fingerprint density at radius 1 is 1.15 bits per heavy atom. The van der Waals surface area contributed by atoms with Crippen LogP contribution in [0.15, 0.2) is 54.6 Å². The van der Waals surface area contributed by atoms with Crippen molar-refractivity contribution in [3.05, 3.63) is 65.7 Å². The van der Waals surface area contributed by atoms with E-state index in [-0.39, 0.29) is 30.3 Å². The summed E-state index contributed by atoms with van der Waals surface area (Å²) in [5, 5.41) is 0. The van der Waals surface area contributed by atoms with E-state index in [1.165, 1.54) is 11.1 Å². The van der Waals surface area contributed by atoms with Crippen molar-refractivity contribution in [3.8, 4) is 5.75 Å². The van der Waals surface area contributed by atoms with Gasteiger partial charge in [0.2, 0.25) is 5.91 Å². The topological polar surface area (TPSA) is 55.6 Å². The van der Waals surface area contributed by atoms with E-state index in [9.17, 15) is 4.79 Å². The predicted molar refractivity (Wildman–Crippen MR) is 107 cm³/mol. The van der Waals surface area contributed by atoms with Crippen molar-refractivity contribution in [3.63, 3.8) is 0 Å². The molecule has 1 heterocycles. The van der Waals surface area contributed by atoms with Gasteiger partial charge >= 0.3 is 0 Å². The van der Waals surface area contributed by atoms with Gasteiger partial charge in [-0.2, -0.15) is 0 Å². The number of carbonyl (C=O) groups is 1. The van der Waals surface area contributed by atoms with Gasteiger partial charge in [0.25, 0.3) is 0 Å². The summed E-state index contributed by atoms with van der Waals surface area (Å²) in [6.07, 6.45) is 1.22. The molecule has 4 nitrogen and oxygen atoms in total. The first-order valence-corrected chi connectivity index (χ1v) is 8.91. The second-order valence-electron chi connectivity index (χ2n) is 6.75. The third-order valence-electron chi connectivity index (χ3n) is 4.74. The molecule has 26 heavy (non-hydrogen) atoms. The van der Waals surface area contributed by atoms with Gasteiger partial charge in [0.15, 0.2) is 0 Å². The number of carbonyl (C=O) groups excluding carboxylic acids is 1. The molecule has 0 saturated carbocycles. The van der Waals surface area contributed by atoms with Crippen LogP contribution in [0.5, 0.6) is 5.75 Å². The zero-order valence-corrected chi connectivity index (χ0v) is 16.0. The van der Waals surface area contributed by atoms with Gasteiger partial charge in [-0.1, -0.05) is 42.5 Å². The summed E-state index contributed by atoms with van der Waals surface area (Å²) < 4.78 is 5.72. The van der Waals surface area contributed by atoms with Crippen LogP contribution < -0.4 is 10.5 Å². The minimum Gasteiger partial charge on any atom is -0.494 e. The molecule has 1 saturated heterocycles. The monoisotopic (exact) mass is 374 g/mol. The molecule has 1 aliphatic rings. The van der Waals surface area contributed by atoms with Crippen LogP contribution in [0.25, 0.3) is 0 Å². The lowest BCUT2D eigenvalue weighted by Gasteiger charge is -2.16. The standard InChI is InChI=1S/C21H26N2O2.ClH/c1-16-7-5-10-18(13-16)25-12-6-11-21(24)23-14-19(20(22)15-23)17-8-3-2-4-9-17;/h2-5,7-10,13,19-20H,6,11-12,14-15,22H2,1H3;1H/t19-,20+;/m0./s1. The third kappa shape index (κ3) is 5.23. The number of likely N-dealkylation sites (tertiary alicyclic amines) is 1. The summed E-state index contributed by atoms with van der Waals surface area (Å²) in [6.45, 7) is 3.94. The molecule has 0 unspecified atom stereocenters. The first kappa shape index (κ1) is 20.3. The maximum Gasteiger partial charge on any atom is 0.222 e. The summed E-state index contributed by atoms with van der Waals surface area (Å²) in [5.74, 6) is 1.26. The van der Waals surface area contributed by atoms with Crippen LogP contribution >= 0.6 is 12.4 Å². The number of ether oxygens (including phenoxy) is 1. The Kier molecular flexibility index (Phi) is 7.49. The number of halogens is 1. The summed E-state index contributed by atoms with van der Waals surface area (Å²) in [5.41, 5.74) is 8.65. The lowest BCUT2D eigenvalue weighted by molar-refractivity contribution is -0.130. The first-order chi connectivity index (χ1) is 12.1. The quantitative estimate of drug-likeness (QED) is 0.787. The molecule has 1 aliphatic heterocycles. The van der Waals surface area contributed by atoms with Crippen molar-refractivity contribution in [1.29, 1.82) is 0 Å². The van der Waals surface area contributed by atoms with Gasteiger partial charge in [0.1, 0.15) is 5.75 Å². The molecule has 0 aliphatic carbocycles. The Labute approximate surface area is 161 Å². The van der Waals surface area contributed by atoms with Gasteiger partial charge in [0.05, 0.1) is 6.61 Å². The Bertz CT molecular complexity index is 708.